The normalized spacial score (nSPS) is 12.8. The number of sulfonamides is 1. The summed E-state index contributed by atoms with van der Waals surface area (Å²) in [5.41, 5.74) is 6.83. The topological polar surface area (TPSA) is 101 Å². The average molecular weight is 320 g/mol. The predicted molar refractivity (Wildman–Crippen MR) is 83.2 cm³/mol. The van der Waals surface area contributed by atoms with Crippen LogP contribution in [0.4, 0.5) is 0 Å². The van der Waals surface area contributed by atoms with E-state index in [1.54, 1.807) is 18.7 Å². The molecule has 116 valence electrons. The Morgan fingerprint density at radius 3 is 2.45 bits per heavy atom. The summed E-state index contributed by atoms with van der Waals surface area (Å²) < 4.78 is 27.3. The molecule has 0 amide bonds. The molecule has 0 unspecified atom stereocenters. The predicted octanol–water partition coefficient (Wildman–Crippen LogP) is 1.38. The van der Waals surface area contributed by atoms with Gasteiger partial charge >= 0.3 is 0 Å². The molecule has 0 aliphatic carbocycles. The summed E-state index contributed by atoms with van der Waals surface area (Å²) in [6.07, 6.45) is 3.80. The van der Waals surface area contributed by atoms with E-state index in [-0.39, 0.29) is 16.3 Å². The summed E-state index contributed by atoms with van der Waals surface area (Å²) >= 11 is 1.69. The highest BCUT2D eigenvalue weighted by molar-refractivity contribution is 8.00. The maximum Gasteiger partial charge on any atom is 0.260 e. The van der Waals surface area contributed by atoms with E-state index in [9.17, 15) is 8.42 Å². The summed E-state index contributed by atoms with van der Waals surface area (Å²) in [6.45, 7) is 6.43. The van der Waals surface area contributed by atoms with E-state index in [4.69, 9.17) is 5.73 Å². The number of aryl methyl sites for hydroxylation is 1. The Balaban J connectivity index is 2.96. The van der Waals surface area contributed by atoms with Crippen LogP contribution in [0.25, 0.3) is 0 Å². The van der Waals surface area contributed by atoms with E-state index in [1.807, 2.05) is 6.26 Å². The molecule has 0 aliphatic rings. The van der Waals surface area contributed by atoms with Crippen molar-refractivity contribution < 1.29 is 8.42 Å². The van der Waals surface area contributed by atoms with E-state index in [1.165, 1.54) is 0 Å². The first kappa shape index (κ1) is 17.5. The van der Waals surface area contributed by atoms with Crippen LogP contribution in [0.3, 0.4) is 0 Å². The van der Waals surface area contributed by atoms with Crippen molar-refractivity contribution in [2.24, 2.45) is 5.73 Å². The minimum Gasteiger partial charge on any atom is -0.326 e. The molecule has 0 aliphatic heterocycles. The molecule has 1 aromatic heterocycles. The first-order chi connectivity index (χ1) is 9.35. The van der Waals surface area contributed by atoms with Gasteiger partial charge in [-0.05, 0) is 26.0 Å². The third kappa shape index (κ3) is 3.55. The summed E-state index contributed by atoms with van der Waals surface area (Å²) in [6, 6.07) is 0. The molecule has 8 heteroatoms. The maximum atomic E-state index is 12.4. The molecule has 1 aromatic rings. The molecule has 0 radical (unpaired) electrons. The van der Waals surface area contributed by atoms with Crippen molar-refractivity contribution in [2.75, 3.05) is 12.8 Å². The van der Waals surface area contributed by atoms with Crippen molar-refractivity contribution in [3.8, 4) is 0 Å². The van der Waals surface area contributed by atoms with Gasteiger partial charge < -0.3 is 5.73 Å². The van der Waals surface area contributed by atoms with Crippen molar-refractivity contribution >= 4 is 21.8 Å². The monoisotopic (exact) mass is 320 g/mol. The Labute approximate surface area is 125 Å². The number of H-pyrrole nitrogens is 1. The maximum absolute atomic E-state index is 12.4. The zero-order chi connectivity index (χ0) is 15.4. The molecule has 4 N–H and O–H groups in total. The van der Waals surface area contributed by atoms with Gasteiger partial charge in [0.05, 0.1) is 0 Å². The van der Waals surface area contributed by atoms with Crippen LogP contribution in [-0.4, -0.2) is 36.2 Å². The second-order valence-electron chi connectivity index (χ2n) is 4.76. The van der Waals surface area contributed by atoms with Crippen molar-refractivity contribution in [3.63, 3.8) is 0 Å². The Kier molecular flexibility index (Phi) is 6.06. The summed E-state index contributed by atoms with van der Waals surface area (Å²) in [4.78, 5) is 0. The molecule has 20 heavy (non-hydrogen) atoms. The molecule has 0 spiro atoms. The zero-order valence-electron chi connectivity index (χ0n) is 12.5. The average Bonchev–Trinajstić information content (AvgIpc) is 2.83. The number of hydrogen-bond donors (Lipinski definition) is 3. The number of nitrogens with zero attached hydrogens (tertiary/aromatic N) is 1. The van der Waals surface area contributed by atoms with Crippen LogP contribution >= 0.6 is 11.8 Å². The Morgan fingerprint density at radius 1 is 1.40 bits per heavy atom. The van der Waals surface area contributed by atoms with Crippen LogP contribution in [0.1, 0.15) is 37.9 Å². The van der Waals surface area contributed by atoms with Crippen LogP contribution in [-0.2, 0) is 16.6 Å². The van der Waals surface area contributed by atoms with Gasteiger partial charge in [-0.25, -0.2) is 13.1 Å². The number of aromatic amines is 1. The molecule has 0 fully saturated rings. The van der Waals surface area contributed by atoms with Gasteiger partial charge in [0.15, 0.2) is 5.03 Å². The van der Waals surface area contributed by atoms with Crippen LogP contribution in [0.15, 0.2) is 5.03 Å². The lowest BCUT2D eigenvalue weighted by Crippen LogP contribution is -2.40. The fraction of sp³-hybridized carbons (Fsp3) is 0.750. The highest BCUT2D eigenvalue weighted by Gasteiger charge is 2.29. The minimum atomic E-state index is -3.63. The highest BCUT2D eigenvalue weighted by Crippen LogP contribution is 2.30. The van der Waals surface area contributed by atoms with Gasteiger partial charge in [-0.1, -0.05) is 13.8 Å². The molecule has 0 bridgehead atoms. The molecular weight excluding hydrogens is 296 g/mol. The molecule has 0 atom stereocenters. The zero-order valence-corrected chi connectivity index (χ0v) is 14.1. The van der Waals surface area contributed by atoms with E-state index < -0.39 is 10.0 Å². The van der Waals surface area contributed by atoms with Crippen LogP contribution in [0.5, 0.6) is 0 Å². The van der Waals surface area contributed by atoms with Crippen LogP contribution in [0, 0.1) is 6.92 Å². The van der Waals surface area contributed by atoms with E-state index >= 15 is 0 Å². The number of nitrogens with one attached hydrogen (secondary N) is 2. The lowest BCUT2D eigenvalue weighted by molar-refractivity contribution is 0.520. The molecule has 1 heterocycles. The second kappa shape index (κ2) is 6.93. The van der Waals surface area contributed by atoms with Gasteiger partial charge in [-0.15, -0.1) is 0 Å². The Hall–Kier alpha value is -0.570. The van der Waals surface area contributed by atoms with Gasteiger partial charge in [0.2, 0.25) is 0 Å². The van der Waals surface area contributed by atoms with E-state index in [2.05, 4.69) is 28.8 Å². The Bertz CT molecular complexity index is 527. The van der Waals surface area contributed by atoms with Crippen LogP contribution in [0.2, 0.25) is 0 Å². The van der Waals surface area contributed by atoms with E-state index in [0.29, 0.717) is 17.8 Å². The van der Waals surface area contributed by atoms with Gasteiger partial charge in [0.1, 0.15) is 0 Å². The third-order valence-electron chi connectivity index (χ3n) is 3.80. The van der Waals surface area contributed by atoms with Gasteiger partial charge in [0, 0.05) is 29.1 Å². The van der Waals surface area contributed by atoms with Crippen LogP contribution < -0.4 is 10.5 Å². The van der Waals surface area contributed by atoms with E-state index in [0.717, 1.165) is 12.8 Å². The third-order valence-corrected chi connectivity index (χ3v) is 6.76. The SMILES string of the molecule is CCC(CC)(CNS(=O)(=O)c1n[nH]c(C)c1CN)SC. The molecular formula is C12H24N4O2S2. The first-order valence-electron chi connectivity index (χ1n) is 6.64. The van der Waals surface area contributed by atoms with Gasteiger partial charge in [0.25, 0.3) is 10.0 Å². The quantitative estimate of drug-likeness (QED) is 0.672. The molecule has 1 rings (SSSR count). The number of thioether (sulfide) groups is 1. The summed E-state index contributed by atoms with van der Waals surface area (Å²) in [5, 5.41) is 6.57. The number of aromatic nitrogens is 2. The summed E-state index contributed by atoms with van der Waals surface area (Å²) in [5.74, 6) is 0. The van der Waals surface area contributed by atoms with Crippen molar-refractivity contribution in [2.45, 2.75) is 49.9 Å². The molecule has 0 saturated carbocycles. The van der Waals surface area contributed by atoms with Crippen molar-refractivity contribution in [3.05, 3.63) is 11.3 Å². The first-order valence-corrected chi connectivity index (χ1v) is 9.35. The standard InChI is InChI=1S/C12H24N4O2S2/c1-5-12(6-2,19-4)8-14-20(17,18)11-10(7-13)9(3)15-16-11/h14H,5-8,13H2,1-4H3,(H,15,16). The number of rotatable bonds is 8. The Morgan fingerprint density at radius 2 is 2.00 bits per heavy atom. The largest absolute Gasteiger partial charge is 0.326 e. The van der Waals surface area contributed by atoms with Gasteiger partial charge in [-0.2, -0.15) is 16.9 Å². The van der Waals surface area contributed by atoms with Crippen molar-refractivity contribution in [1.29, 1.82) is 0 Å². The number of hydrogen-bond acceptors (Lipinski definition) is 5. The fourth-order valence-electron chi connectivity index (χ4n) is 2.05. The lowest BCUT2D eigenvalue weighted by atomic mass is 10.0. The van der Waals surface area contributed by atoms with Gasteiger partial charge in [-0.3, -0.25) is 5.10 Å². The smallest absolute Gasteiger partial charge is 0.260 e. The lowest BCUT2D eigenvalue weighted by Gasteiger charge is -2.29. The molecule has 6 nitrogen and oxygen atoms in total. The second-order valence-corrected chi connectivity index (χ2v) is 7.71. The van der Waals surface area contributed by atoms with Crippen molar-refractivity contribution in [1.82, 2.24) is 14.9 Å². The molecule has 0 saturated heterocycles. The summed E-state index contributed by atoms with van der Waals surface area (Å²) in [7, 11) is -3.63. The molecule has 0 aromatic carbocycles. The highest BCUT2D eigenvalue weighted by atomic mass is 32.2. The fourth-order valence-corrected chi connectivity index (χ4v) is 4.26. The number of nitrogens with two attached hydrogens (primary N) is 1. The minimum absolute atomic E-state index is 0.0136.